The van der Waals surface area contributed by atoms with Crippen molar-refractivity contribution < 1.29 is 13.9 Å². The van der Waals surface area contributed by atoms with Crippen LogP contribution in [-0.2, 0) is 9.53 Å². The number of carbonyl (C=O) groups is 1. The van der Waals surface area contributed by atoms with Crippen LogP contribution in [0.4, 0.5) is 4.39 Å². The van der Waals surface area contributed by atoms with E-state index in [1.165, 1.54) is 0 Å². The molecule has 0 bridgehead atoms. The van der Waals surface area contributed by atoms with E-state index in [1.807, 2.05) is 28.7 Å². The van der Waals surface area contributed by atoms with E-state index < -0.39 is 12.1 Å². The van der Waals surface area contributed by atoms with Crippen LogP contribution in [0.3, 0.4) is 0 Å². The number of rotatable bonds is 4. The van der Waals surface area contributed by atoms with Gasteiger partial charge in [0.15, 0.2) is 6.17 Å². The Morgan fingerprint density at radius 2 is 2.00 bits per heavy atom. The van der Waals surface area contributed by atoms with Crippen molar-refractivity contribution >= 4 is 28.6 Å². The molecule has 92 valence electrons. The first-order valence-corrected chi connectivity index (χ1v) is 6.29. The summed E-state index contributed by atoms with van der Waals surface area (Å²) in [5, 5.41) is 0. The van der Waals surface area contributed by atoms with E-state index in [1.54, 1.807) is 32.0 Å². The zero-order valence-corrected chi connectivity index (χ0v) is 11.9. The second-order valence-corrected chi connectivity index (χ2v) is 5.03. The molecule has 4 heteroatoms. The average Bonchev–Trinajstić information content (AvgIpc) is 2.27. The fraction of sp³-hybridized carbons (Fsp3) is 0.308. The largest absolute Gasteiger partial charge is 0.460 e. The maximum absolute atomic E-state index is 14.1. The number of esters is 1. The van der Waals surface area contributed by atoms with Gasteiger partial charge in [0.1, 0.15) is 0 Å². The predicted octanol–water partition coefficient (Wildman–Crippen LogP) is 3.81. The maximum Gasteiger partial charge on any atom is 0.336 e. The Morgan fingerprint density at radius 3 is 2.53 bits per heavy atom. The SMILES string of the molecule is C=C(C(=O)OC(C)C)C(F)c1ccccc1I. The first-order valence-electron chi connectivity index (χ1n) is 5.21. The van der Waals surface area contributed by atoms with Crippen LogP contribution in [0.25, 0.3) is 0 Å². The lowest BCUT2D eigenvalue weighted by Crippen LogP contribution is -2.16. The van der Waals surface area contributed by atoms with Crippen LogP contribution in [0.2, 0.25) is 0 Å². The lowest BCUT2D eigenvalue weighted by atomic mass is 10.0. The van der Waals surface area contributed by atoms with Crippen LogP contribution in [0.5, 0.6) is 0 Å². The first kappa shape index (κ1) is 14.2. The molecular formula is C13H14FIO2. The molecule has 1 aromatic rings. The van der Waals surface area contributed by atoms with Gasteiger partial charge in [-0.15, -0.1) is 0 Å². The monoisotopic (exact) mass is 348 g/mol. The summed E-state index contributed by atoms with van der Waals surface area (Å²) >= 11 is 2.02. The summed E-state index contributed by atoms with van der Waals surface area (Å²) < 4.78 is 19.8. The van der Waals surface area contributed by atoms with Gasteiger partial charge in [-0.3, -0.25) is 0 Å². The zero-order chi connectivity index (χ0) is 13.0. The third-order valence-corrected chi connectivity index (χ3v) is 3.07. The number of ether oxygens (including phenoxy) is 1. The van der Waals surface area contributed by atoms with Crippen LogP contribution in [-0.4, -0.2) is 12.1 Å². The molecule has 0 N–H and O–H groups in total. The van der Waals surface area contributed by atoms with E-state index in [0.29, 0.717) is 5.56 Å². The highest BCUT2D eigenvalue weighted by molar-refractivity contribution is 14.1. The molecule has 1 unspecified atom stereocenters. The van der Waals surface area contributed by atoms with Gasteiger partial charge in [-0.05, 0) is 42.5 Å². The van der Waals surface area contributed by atoms with Crippen LogP contribution >= 0.6 is 22.6 Å². The van der Waals surface area contributed by atoms with Crippen molar-refractivity contribution in [2.75, 3.05) is 0 Å². The summed E-state index contributed by atoms with van der Waals surface area (Å²) in [7, 11) is 0. The molecule has 1 aromatic carbocycles. The lowest BCUT2D eigenvalue weighted by Gasteiger charge is -2.14. The van der Waals surface area contributed by atoms with Gasteiger partial charge in [-0.2, -0.15) is 0 Å². The highest BCUT2D eigenvalue weighted by Crippen LogP contribution is 2.29. The summed E-state index contributed by atoms with van der Waals surface area (Å²) in [5.41, 5.74) is 0.279. The Bertz CT molecular complexity index is 429. The number of hydrogen-bond acceptors (Lipinski definition) is 2. The molecule has 0 aliphatic carbocycles. The molecule has 0 heterocycles. The minimum absolute atomic E-state index is 0.164. The number of alkyl halides is 1. The molecule has 0 aromatic heterocycles. The van der Waals surface area contributed by atoms with E-state index in [9.17, 15) is 9.18 Å². The molecular weight excluding hydrogens is 334 g/mol. The van der Waals surface area contributed by atoms with Gasteiger partial charge >= 0.3 is 5.97 Å². The second kappa shape index (κ2) is 6.14. The number of carbonyl (C=O) groups excluding carboxylic acids is 1. The lowest BCUT2D eigenvalue weighted by molar-refractivity contribution is -0.143. The molecule has 0 spiro atoms. The molecule has 0 radical (unpaired) electrons. The van der Waals surface area contributed by atoms with Crippen molar-refractivity contribution in [3.8, 4) is 0 Å². The van der Waals surface area contributed by atoms with E-state index in [0.717, 1.165) is 3.57 Å². The Hall–Kier alpha value is -0.910. The van der Waals surface area contributed by atoms with Crippen molar-refractivity contribution in [1.82, 2.24) is 0 Å². The molecule has 0 fully saturated rings. The molecule has 0 saturated heterocycles. The Kier molecular flexibility index (Phi) is 5.11. The third kappa shape index (κ3) is 3.80. The molecule has 0 saturated carbocycles. The number of halogens is 2. The van der Waals surface area contributed by atoms with Gasteiger partial charge in [0, 0.05) is 9.13 Å². The highest BCUT2D eigenvalue weighted by atomic mass is 127. The molecule has 1 atom stereocenters. The van der Waals surface area contributed by atoms with Crippen molar-refractivity contribution in [2.24, 2.45) is 0 Å². The molecule has 0 aliphatic heterocycles. The van der Waals surface area contributed by atoms with Gasteiger partial charge in [0.25, 0.3) is 0 Å². The summed E-state index contributed by atoms with van der Waals surface area (Å²) in [4.78, 5) is 11.5. The van der Waals surface area contributed by atoms with Gasteiger partial charge in [0.2, 0.25) is 0 Å². The molecule has 17 heavy (non-hydrogen) atoms. The van der Waals surface area contributed by atoms with Crippen LogP contribution < -0.4 is 0 Å². The first-order chi connectivity index (χ1) is 7.93. The highest BCUT2D eigenvalue weighted by Gasteiger charge is 2.23. The number of benzene rings is 1. The summed E-state index contributed by atoms with van der Waals surface area (Å²) in [6.45, 7) is 6.90. The van der Waals surface area contributed by atoms with Gasteiger partial charge in [0.05, 0.1) is 11.7 Å². The minimum atomic E-state index is -1.52. The van der Waals surface area contributed by atoms with Crippen molar-refractivity contribution in [3.05, 3.63) is 45.6 Å². The standard InChI is InChI=1S/C13H14FIO2/c1-8(2)17-13(16)9(3)12(14)10-6-4-5-7-11(10)15/h4-8,12H,3H2,1-2H3. The molecule has 2 nitrogen and oxygen atoms in total. The quantitative estimate of drug-likeness (QED) is 0.470. The van der Waals surface area contributed by atoms with Crippen LogP contribution in [0, 0.1) is 3.57 Å². The topological polar surface area (TPSA) is 26.3 Å². The molecule has 0 aliphatic rings. The van der Waals surface area contributed by atoms with Crippen LogP contribution in [0.1, 0.15) is 25.6 Å². The smallest absolute Gasteiger partial charge is 0.336 e. The van der Waals surface area contributed by atoms with Gasteiger partial charge in [-0.1, -0.05) is 24.8 Å². The Morgan fingerprint density at radius 1 is 1.41 bits per heavy atom. The predicted molar refractivity (Wildman–Crippen MR) is 73.4 cm³/mol. The van der Waals surface area contributed by atoms with Crippen molar-refractivity contribution in [2.45, 2.75) is 26.1 Å². The number of hydrogen-bond donors (Lipinski definition) is 0. The molecule has 1 rings (SSSR count). The maximum atomic E-state index is 14.1. The van der Waals surface area contributed by atoms with Crippen molar-refractivity contribution in [1.29, 1.82) is 0 Å². The van der Waals surface area contributed by atoms with E-state index in [4.69, 9.17) is 4.74 Å². The average molecular weight is 348 g/mol. The van der Waals surface area contributed by atoms with Gasteiger partial charge in [-0.25, -0.2) is 9.18 Å². The Labute approximate surface area is 114 Å². The van der Waals surface area contributed by atoms with Gasteiger partial charge < -0.3 is 4.74 Å². The summed E-state index contributed by atoms with van der Waals surface area (Å²) in [6, 6.07) is 6.96. The second-order valence-electron chi connectivity index (χ2n) is 3.86. The fourth-order valence-corrected chi connectivity index (χ4v) is 1.92. The fourth-order valence-electron chi connectivity index (χ4n) is 1.26. The Balaban J connectivity index is 2.84. The van der Waals surface area contributed by atoms with E-state index in [-0.39, 0.29) is 11.7 Å². The molecule has 0 amide bonds. The summed E-state index contributed by atoms with van der Waals surface area (Å²) in [5.74, 6) is -0.688. The minimum Gasteiger partial charge on any atom is -0.460 e. The van der Waals surface area contributed by atoms with E-state index in [2.05, 4.69) is 6.58 Å². The van der Waals surface area contributed by atoms with Crippen molar-refractivity contribution in [3.63, 3.8) is 0 Å². The normalized spacial score (nSPS) is 12.3. The van der Waals surface area contributed by atoms with Crippen LogP contribution in [0.15, 0.2) is 36.4 Å². The zero-order valence-electron chi connectivity index (χ0n) is 9.74. The van der Waals surface area contributed by atoms with E-state index >= 15 is 0 Å². The summed E-state index contributed by atoms with van der Waals surface area (Å²) in [6.07, 6.45) is -1.80. The third-order valence-electron chi connectivity index (χ3n) is 2.09.